The first-order valence-corrected chi connectivity index (χ1v) is 7.34. The zero-order chi connectivity index (χ0) is 15.3. The van der Waals surface area contributed by atoms with E-state index in [1.807, 2.05) is 29.6 Å². The minimum Gasteiger partial charge on any atom is -0.382 e. The number of thiophene rings is 1. The van der Waals surface area contributed by atoms with Gasteiger partial charge in [-0.2, -0.15) is 9.97 Å². The molecule has 0 amide bonds. The van der Waals surface area contributed by atoms with Crippen LogP contribution in [0.2, 0.25) is 0 Å². The van der Waals surface area contributed by atoms with Crippen LogP contribution in [0.15, 0.2) is 29.6 Å². The Morgan fingerprint density at radius 1 is 0.864 bits per heavy atom. The summed E-state index contributed by atoms with van der Waals surface area (Å²) in [4.78, 5) is 16.7. The summed E-state index contributed by atoms with van der Waals surface area (Å²) in [7, 11) is 0. The van der Waals surface area contributed by atoms with E-state index in [-0.39, 0.29) is 17.6 Å². The van der Waals surface area contributed by atoms with Gasteiger partial charge in [-0.3, -0.25) is 0 Å². The van der Waals surface area contributed by atoms with E-state index in [9.17, 15) is 0 Å². The number of nitrogens with zero attached hydrogens (tertiary/aromatic N) is 4. The van der Waals surface area contributed by atoms with E-state index in [4.69, 9.17) is 17.2 Å². The van der Waals surface area contributed by atoms with E-state index >= 15 is 0 Å². The van der Waals surface area contributed by atoms with Crippen LogP contribution in [-0.2, 0) is 0 Å². The Morgan fingerprint density at radius 3 is 2.55 bits per heavy atom. The Morgan fingerprint density at radius 2 is 1.68 bits per heavy atom. The van der Waals surface area contributed by atoms with Gasteiger partial charge in [0.25, 0.3) is 0 Å². The SMILES string of the molecule is Nc1nc(N)c2nc(-c3csc4ccccc34)c(N)nc2n1. The monoisotopic (exact) mass is 309 g/mol. The van der Waals surface area contributed by atoms with E-state index < -0.39 is 0 Å². The summed E-state index contributed by atoms with van der Waals surface area (Å²) in [6, 6.07) is 8.04. The van der Waals surface area contributed by atoms with Crippen molar-refractivity contribution in [3.8, 4) is 11.3 Å². The lowest BCUT2D eigenvalue weighted by Crippen LogP contribution is -2.06. The average molecular weight is 309 g/mol. The Hall–Kier alpha value is -3.00. The summed E-state index contributed by atoms with van der Waals surface area (Å²) < 4.78 is 1.15. The van der Waals surface area contributed by atoms with E-state index in [1.165, 1.54) is 0 Å². The van der Waals surface area contributed by atoms with Crippen molar-refractivity contribution in [3.05, 3.63) is 29.6 Å². The fourth-order valence-corrected chi connectivity index (χ4v) is 3.30. The molecule has 6 N–H and O–H groups in total. The predicted octanol–water partition coefficient (Wildman–Crippen LogP) is 2.05. The summed E-state index contributed by atoms with van der Waals surface area (Å²) in [5.41, 5.74) is 19.7. The highest BCUT2D eigenvalue weighted by molar-refractivity contribution is 7.17. The summed E-state index contributed by atoms with van der Waals surface area (Å²) in [5.74, 6) is 0.525. The van der Waals surface area contributed by atoms with Gasteiger partial charge in [0.05, 0.1) is 0 Å². The Labute approximate surface area is 128 Å². The molecule has 4 aromatic rings. The highest BCUT2D eigenvalue weighted by Crippen LogP contribution is 2.35. The molecular weight excluding hydrogens is 298 g/mol. The van der Waals surface area contributed by atoms with Crippen molar-refractivity contribution in [2.45, 2.75) is 0 Å². The van der Waals surface area contributed by atoms with Crippen molar-refractivity contribution in [1.82, 2.24) is 19.9 Å². The maximum Gasteiger partial charge on any atom is 0.224 e. The second-order valence-corrected chi connectivity index (χ2v) is 5.65. The molecule has 7 nitrogen and oxygen atoms in total. The van der Waals surface area contributed by atoms with Gasteiger partial charge < -0.3 is 17.2 Å². The number of aromatic nitrogens is 4. The maximum atomic E-state index is 6.06. The Kier molecular flexibility index (Phi) is 2.60. The molecule has 108 valence electrons. The van der Waals surface area contributed by atoms with Crippen LogP contribution in [0.4, 0.5) is 17.6 Å². The van der Waals surface area contributed by atoms with Crippen molar-refractivity contribution in [2.24, 2.45) is 0 Å². The first-order valence-electron chi connectivity index (χ1n) is 6.46. The van der Waals surface area contributed by atoms with Gasteiger partial charge in [0.2, 0.25) is 5.95 Å². The lowest BCUT2D eigenvalue weighted by molar-refractivity contribution is 1.17. The molecular formula is C14H11N7S. The van der Waals surface area contributed by atoms with Gasteiger partial charge >= 0.3 is 0 Å². The van der Waals surface area contributed by atoms with Gasteiger partial charge in [0.15, 0.2) is 22.8 Å². The molecule has 0 atom stereocenters. The molecule has 3 heterocycles. The third-order valence-corrected chi connectivity index (χ3v) is 4.30. The van der Waals surface area contributed by atoms with E-state index in [1.54, 1.807) is 11.3 Å². The molecule has 0 unspecified atom stereocenters. The first-order chi connectivity index (χ1) is 10.6. The van der Waals surface area contributed by atoms with Gasteiger partial charge in [-0.15, -0.1) is 11.3 Å². The quantitative estimate of drug-likeness (QED) is 0.490. The van der Waals surface area contributed by atoms with Crippen LogP contribution in [0.5, 0.6) is 0 Å². The zero-order valence-corrected chi connectivity index (χ0v) is 12.1. The average Bonchev–Trinajstić information content (AvgIpc) is 2.90. The smallest absolute Gasteiger partial charge is 0.224 e. The van der Waals surface area contributed by atoms with Crippen LogP contribution >= 0.6 is 11.3 Å². The fourth-order valence-electron chi connectivity index (χ4n) is 2.36. The van der Waals surface area contributed by atoms with Crippen LogP contribution in [0.3, 0.4) is 0 Å². The molecule has 0 aliphatic rings. The number of hydrogen-bond donors (Lipinski definition) is 3. The van der Waals surface area contributed by atoms with Gasteiger partial charge in [0.1, 0.15) is 5.69 Å². The van der Waals surface area contributed by atoms with Crippen molar-refractivity contribution in [2.75, 3.05) is 17.2 Å². The molecule has 4 rings (SSSR count). The molecule has 0 spiro atoms. The predicted molar refractivity (Wildman–Crippen MR) is 89.2 cm³/mol. The number of nitrogens with two attached hydrogens (primary N) is 3. The van der Waals surface area contributed by atoms with Gasteiger partial charge in [-0.05, 0) is 6.07 Å². The number of rotatable bonds is 1. The number of nitrogen functional groups attached to an aromatic ring is 3. The molecule has 0 aliphatic heterocycles. The van der Waals surface area contributed by atoms with Crippen LogP contribution in [0.1, 0.15) is 0 Å². The molecule has 3 aromatic heterocycles. The number of hydrogen-bond acceptors (Lipinski definition) is 8. The highest BCUT2D eigenvalue weighted by atomic mass is 32.1. The number of fused-ring (bicyclic) bond motifs is 2. The van der Waals surface area contributed by atoms with Crippen LogP contribution in [0.25, 0.3) is 32.5 Å². The summed E-state index contributed by atoms with van der Waals surface area (Å²) in [6.45, 7) is 0. The normalized spacial score (nSPS) is 11.3. The van der Waals surface area contributed by atoms with E-state index in [2.05, 4.69) is 19.9 Å². The van der Waals surface area contributed by atoms with Crippen LogP contribution < -0.4 is 17.2 Å². The summed E-state index contributed by atoms with van der Waals surface area (Å²) >= 11 is 1.62. The molecule has 0 fully saturated rings. The van der Waals surface area contributed by atoms with Crippen molar-refractivity contribution < 1.29 is 0 Å². The second-order valence-electron chi connectivity index (χ2n) is 4.74. The number of benzene rings is 1. The van der Waals surface area contributed by atoms with E-state index in [0.29, 0.717) is 16.9 Å². The van der Waals surface area contributed by atoms with Crippen LogP contribution in [-0.4, -0.2) is 19.9 Å². The molecule has 0 bridgehead atoms. The fraction of sp³-hybridized carbons (Fsp3) is 0. The third-order valence-electron chi connectivity index (χ3n) is 3.34. The van der Waals surface area contributed by atoms with Crippen molar-refractivity contribution >= 4 is 50.2 Å². The lowest BCUT2D eigenvalue weighted by Gasteiger charge is -2.07. The molecule has 0 saturated heterocycles. The third kappa shape index (κ3) is 1.81. The zero-order valence-electron chi connectivity index (χ0n) is 11.3. The Balaban J connectivity index is 2.05. The van der Waals surface area contributed by atoms with Gasteiger partial charge in [0, 0.05) is 21.0 Å². The van der Waals surface area contributed by atoms with Gasteiger partial charge in [-0.1, -0.05) is 18.2 Å². The molecule has 0 aliphatic carbocycles. The van der Waals surface area contributed by atoms with E-state index in [0.717, 1.165) is 15.6 Å². The second kappa shape index (κ2) is 4.50. The van der Waals surface area contributed by atoms with Gasteiger partial charge in [-0.25, -0.2) is 9.97 Å². The van der Waals surface area contributed by atoms with Crippen molar-refractivity contribution in [1.29, 1.82) is 0 Å². The minimum absolute atomic E-state index is 0.0485. The Bertz CT molecular complexity index is 1020. The summed E-state index contributed by atoms with van der Waals surface area (Å²) in [6.07, 6.45) is 0. The highest BCUT2D eigenvalue weighted by Gasteiger charge is 2.15. The molecule has 0 saturated carbocycles. The summed E-state index contributed by atoms with van der Waals surface area (Å²) in [5, 5.41) is 3.08. The molecule has 22 heavy (non-hydrogen) atoms. The van der Waals surface area contributed by atoms with Crippen LogP contribution in [0, 0.1) is 0 Å². The molecule has 0 radical (unpaired) electrons. The minimum atomic E-state index is 0.0485. The lowest BCUT2D eigenvalue weighted by atomic mass is 10.1. The topological polar surface area (TPSA) is 130 Å². The van der Waals surface area contributed by atoms with Crippen molar-refractivity contribution in [3.63, 3.8) is 0 Å². The maximum absolute atomic E-state index is 6.06. The standard InChI is InChI=1S/C14H11N7S/c15-11-9(7-5-22-8-4-2-1-3-6(7)8)18-10-12(16)20-14(17)21-13(10)19-11/h1-5H,(H6,15,16,17,19,20,21). The first kappa shape index (κ1) is 12.7. The molecule has 8 heteroatoms. The molecule has 1 aromatic carbocycles. The largest absolute Gasteiger partial charge is 0.382 e. The number of anilines is 3.